The van der Waals surface area contributed by atoms with Crippen LogP contribution < -0.4 is 14.8 Å². The highest BCUT2D eigenvalue weighted by atomic mass is 16.6. The van der Waals surface area contributed by atoms with Gasteiger partial charge in [0.15, 0.2) is 11.5 Å². The third-order valence-electron chi connectivity index (χ3n) is 4.51. The number of rotatable bonds is 7. The minimum Gasteiger partial charge on any atom is -0.493 e. The van der Waals surface area contributed by atoms with Crippen LogP contribution in [0.1, 0.15) is 10.4 Å². The van der Waals surface area contributed by atoms with E-state index < -0.39 is 10.8 Å². The number of nitro benzene ring substituents is 1. The van der Waals surface area contributed by atoms with Gasteiger partial charge >= 0.3 is 0 Å². The second-order valence-corrected chi connectivity index (χ2v) is 6.53. The first-order valence-electron chi connectivity index (χ1n) is 9.41. The molecule has 0 radical (unpaired) electrons. The standard InChI is InChI=1S/C22H17N5O5/c1-31-20-4-2-3-5-21(20)32-17-9-7-16(8-10-17)25-22(28)15-6-11-18(19(12-15)27(29)30)26-14-23-13-24-26/h2-14H,1H3,(H,25,28). The van der Waals surface area contributed by atoms with E-state index in [1.54, 1.807) is 43.5 Å². The Bertz CT molecular complexity index is 1260. The SMILES string of the molecule is COc1ccccc1Oc1ccc(NC(=O)c2ccc(-n3cncn3)c([N+](=O)[O-])c2)cc1. The number of nitrogens with zero attached hydrogens (tertiary/aromatic N) is 4. The number of methoxy groups -OCH3 is 1. The molecule has 0 bridgehead atoms. The van der Waals surface area contributed by atoms with E-state index in [-0.39, 0.29) is 16.9 Å². The van der Waals surface area contributed by atoms with Crippen molar-refractivity contribution >= 4 is 17.3 Å². The maximum Gasteiger partial charge on any atom is 0.295 e. The van der Waals surface area contributed by atoms with Crippen molar-refractivity contribution in [3.63, 3.8) is 0 Å². The molecule has 1 aromatic heterocycles. The lowest BCUT2D eigenvalue weighted by atomic mass is 10.1. The number of para-hydroxylation sites is 2. The maximum atomic E-state index is 12.6. The number of benzene rings is 3. The van der Waals surface area contributed by atoms with E-state index in [1.165, 1.54) is 35.5 Å². The summed E-state index contributed by atoms with van der Waals surface area (Å²) in [6.07, 6.45) is 2.61. The number of nitro groups is 1. The van der Waals surface area contributed by atoms with Gasteiger partial charge in [-0.1, -0.05) is 12.1 Å². The van der Waals surface area contributed by atoms with Gasteiger partial charge in [-0.05, 0) is 48.5 Å². The lowest BCUT2D eigenvalue weighted by Gasteiger charge is -2.11. The van der Waals surface area contributed by atoms with Gasteiger partial charge in [-0.15, -0.1) is 0 Å². The van der Waals surface area contributed by atoms with Gasteiger partial charge < -0.3 is 14.8 Å². The number of hydrogen-bond donors (Lipinski definition) is 1. The number of ether oxygens (including phenoxy) is 2. The molecule has 4 rings (SSSR count). The summed E-state index contributed by atoms with van der Waals surface area (Å²) in [5, 5.41) is 18.1. The summed E-state index contributed by atoms with van der Waals surface area (Å²) < 4.78 is 12.3. The zero-order chi connectivity index (χ0) is 22.5. The second kappa shape index (κ2) is 8.96. The average molecular weight is 431 g/mol. The Labute approximate surface area is 182 Å². The van der Waals surface area contributed by atoms with Gasteiger partial charge in [0.1, 0.15) is 24.1 Å². The molecule has 0 aliphatic carbocycles. The van der Waals surface area contributed by atoms with Gasteiger partial charge in [0, 0.05) is 17.3 Å². The maximum absolute atomic E-state index is 12.6. The Balaban J connectivity index is 1.49. The number of carbonyl (C=O) groups excluding carboxylic acids is 1. The van der Waals surface area contributed by atoms with Crippen LogP contribution in [0, 0.1) is 10.1 Å². The number of anilines is 1. The number of aromatic nitrogens is 3. The largest absolute Gasteiger partial charge is 0.493 e. The molecule has 0 unspecified atom stereocenters. The van der Waals surface area contributed by atoms with Crippen molar-refractivity contribution < 1.29 is 19.2 Å². The molecule has 0 fully saturated rings. The predicted octanol–water partition coefficient (Wildman–Crippen LogP) is 4.23. The Morgan fingerprint density at radius 2 is 1.81 bits per heavy atom. The Hall–Kier alpha value is -4.73. The molecule has 0 aliphatic rings. The smallest absolute Gasteiger partial charge is 0.295 e. The minimum absolute atomic E-state index is 0.134. The van der Waals surface area contributed by atoms with Crippen molar-refractivity contribution in [2.24, 2.45) is 0 Å². The molecule has 0 saturated heterocycles. The third-order valence-corrected chi connectivity index (χ3v) is 4.51. The van der Waals surface area contributed by atoms with E-state index >= 15 is 0 Å². The number of carbonyl (C=O) groups is 1. The minimum atomic E-state index is -0.572. The predicted molar refractivity (Wildman–Crippen MR) is 115 cm³/mol. The summed E-state index contributed by atoms with van der Waals surface area (Å²) in [6.45, 7) is 0. The van der Waals surface area contributed by atoms with Crippen molar-refractivity contribution in [2.45, 2.75) is 0 Å². The van der Waals surface area contributed by atoms with E-state index in [0.717, 1.165) is 0 Å². The third kappa shape index (κ3) is 4.38. The van der Waals surface area contributed by atoms with Crippen molar-refractivity contribution in [3.8, 4) is 22.9 Å². The summed E-state index contributed by atoms with van der Waals surface area (Å²) in [6, 6.07) is 18.1. The van der Waals surface area contributed by atoms with Crippen LogP contribution in [0.4, 0.5) is 11.4 Å². The van der Waals surface area contributed by atoms with Gasteiger partial charge in [-0.25, -0.2) is 9.67 Å². The zero-order valence-electron chi connectivity index (χ0n) is 16.8. The first-order chi connectivity index (χ1) is 15.5. The molecule has 10 heteroatoms. The first kappa shape index (κ1) is 20.5. The monoisotopic (exact) mass is 431 g/mol. The van der Waals surface area contributed by atoms with Crippen molar-refractivity contribution in [3.05, 3.63) is 95.1 Å². The molecule has 3 aromatic carbocycles. The normalized spacial score (nSPS) is 10.4. The fraction of sp³-hybridized carbons (Fsp3) is 0.0455. The van der Waals surface area contributed by atoms with Crippen molar-refractivity contribution in [2.75, 3.05) is 12.4 Å². The molecule has 1 heterocycles. The molecule has 1 amide bonds. The molecule has 4 aromatic rings. The van der Waals surface area contributed by atoms with E-state index in [4.69, 9.17) is 9.47 Å². The van der Waals surface area contributed by atoms with Gasteiger partial charge in [0.25, 0.3) is 11.6 Å². The quantitative estimate of drug-likeness (QED) is 0.343. The van der Waals surface area contributed by atoms with Gasteiger partial charge in [0.2, 0.25) is 0 Å². The lowest BCUT2D eigenvalue weighted by Crippen LogP contribution is -2.13. The molecule has 160 valence electrons. The molecular weight excluding hydrogens is 414 g/mol. The Morgan fingerprint density at radius 3 is 2.47 bits per heavy atom. The fourth-order valence-electron chi connectivity index (χ4n) is 2.98. The highest BCUT2D eigenvalue weighted by Gasteiger charge is 2.19. The van der Waals surface area contributed by atoms with Crippen LogP contribution in [0.25, 0.3) is 5.69 Å². The van der Waals surface area contributed by atoms with Crippen LogP contribution in [0.5, 0.6) is 17.2 Å². The van der Waals surface area contributed by atoms with Gasteiger partial charge in [-0.2, -0.15) is 5.10 Å². The number of nitrogens with one attached hydrogen (secondary N) is 1. The summed E-state index contributed by atoms with van der Waals surface area (Å²) in [5.41, 5.74) is 0.589. The average Bonchev–Trinajstić information content (AvgIpc) is 3.35. The van der Waals surface area contributed by atoms with Gasteiger partial charge in [-0.3, -0.25) is 14.9 Å². The number of hydrogen-bond acceptors (Lipinski definition) is 7. The number of amides is 1. The Kier molecular flexibility index (Phi) is 5.75. The van der Waals surface area contributed by atoms with E-state index in [0.29, 0.717) is 22.9 Å². The summed E-state index contributed by atoms with van der Waals surface area (Å²) in [7, 11) is 1.56. The van der Waals surface area contributed by atoms with E-state index in [1.807, 2.05) is 12.1 Å². The molecular formula is C22H17N5O5. The molecule has 0 saturated carbocycles. The van der Waals surface area contributed by atoms with Crippen LogP contribution in [0.3, 0.4) is 0 Å². The first-order valence-corrected chi connectivity index (χ1v) is 9.41. The molecule has 1 N–H and O–H groups in total. The summed E-state index contributed by atoms with van der Waals surface area (Å²) >= 11 is 0. The van der Waals surface area contributed by atoms with Crippen LogP contribution in [-0.2, 0) is 0 Å². The zero-order valence-corrected chi connectivity index (χ0v) is 16.8. The van der Waals surface area contributed by atoms with Crippen LogP contribution in [0.2, 0.25) is 0 Å². The second-order valence-electron chi connectivity index (χ2n) is 6.53. The van der Waals surface area contributed by atoms with Crippen LogP contribution in [-0.4, -0.2) is 32.7 Å². The van der Waals surface area contributed by atoms with Crippen LogP contribution in [0.15, 0.2) is 79.4 Å². The summed E-state index contributed by atoms with van der Waals surface area (Å²) in [4.78, 5) is 27.3. The summed E-state index contributed by atoms with van der Waals surface area (Å²) in [5.74, 6) is 1.23. The molecule has 32 heavy (non-hydrogen) atoms. The Morgan fingerprint density at radius 1 is 1.06 bits per heavy atom. The molecule has 10 nitrogen and oxygen atoms in total. The highest BCUT2D eigenvalue weighted by molar-refractivity contribution is 6.04. The molecule has 0 aliphatic heterocycles. The molecule has 0 spiro atoms. The van der Waals surface area contributed by atoms with Crippen molar-refractivity contribution in [1.82, 2.24) is 14.8 Å². The van der Waals surface area contributed by atoms with Gasteiger partial charge in [0.05, 0.1) is 12.0 Å². The fourth-order valence-corrected chi connectivity index (χ4v) is 2.98. The topological polar surface area (TPSA) is 121 Å². The van der Waals surface area contributed by atoms with Crippen LogP contribution >= 0.6 is 0 Å². The lowest BCUT2D eigenvalue weighted by molar-refractivity contribution is -0.384. The molecule has 0 atom stereocenters. The van der Waals surface area contributed by atoms with E-state index in [2.05, 4.69) is 15.4 Å². The highest BCUT2D eigenvalue weighted by Crippen LogP contribution is 2.31. The van der Waals surface area contributed by atoms with Crippen molar-refractivity contribution in [1.29, 1.82) is 0 Å². The van der Waals surface area contributed by atoms with E-state index in [9.17, 15) is 14.9 Å².